The van der Waals surface area contributed by atoms with Gasteiger partial charge in [-0.3, -0.25) is 9.59 Å². The lowest BCUT2D eigenvalue weighted by Gasteiger charge is -2.26. The van der Waals surface area contributed by atoms with Crippen molar-refractivity contribution >= 4 is 11.8 Å². The standard InChI is InChI=1S/C10H16F3N3O3/c11-10(12,13)7-19-6-3-15-8(17)9(18)16-4-1-14-2-5-16/h14H,1-7H2,(H,15,17). The van der Waals surface area contributed by atoms with Crippen LogP contribution in [0.1, 0.15) is 0 Å². The highest BCUT2D eigenvalue weighted by Crippen LogP contribution is 2.13. The third-order valence-corrected chi connectivity index (χ3v) is 2.40. The van der Waals surface area contributed by atoms with Gasteiger partial charge in [0, 0.05) is 32.7 Å². The maximum absolute atomic E-state index is 11.7. The topological polar surface area (TPSA) is 70.7 Å². The lowest BCUT2D eigenvalue weighted by Crippen LogP contribution is -2.51. The predicted octanol–water partition coefficient (Wildman–Crippen LogP) is -0.887. The van der Waals surface area contributed by atoms with E-state index in [-0.39, 0.29) is 13.2 Å². The molecule has 2 amide bonds. The summed E-state index contributed by atoms with van der Waals surface area (Å²) in [6.45, 7) is 0.330. The molecular formula is C10H16F3N3O3. The summed E-state index contributed by atoms with van der Waals surface area (Å²) in [5.41, 5.74) is 0. The van der Waals surface area contributed by atoms with E-state index < -0.39 is 24.6 Å². The Labute approximate surface area is 108 Å². The fourth-order valence-electron chi connectivity index (χ4n) is 1.51. The minimum atomic E-state index is -4.39. The SMILES string of the molecule is O=C(NCCOCC(F)(F)F)C(=O)N1CCNCC1. The average Bonchev–Trinajstić information content (AvgIpc) is 2.37. The first kappa shape index (κ1) is 15.7. The van der Waals surface area contributed by atoms with Crippen LogP contribution in [0.15, 0.2) is 0 Å². The number of ether oxygens (including phenoxy) is 1. The van der Waals surface area contributed by atoms with E-state index in [1.54, 1.807) is 0 Å². The molecule has 0 aromatic heterocycles. The summed E-state index contributed by atoms with van der Waals surface area (Å²) in [6, 6.07) is 0. The van der Waals surface area contributed by atoms with E-state index in [9.17, 15) is 22.8 Å². The van der Waals surface area contributed by atoms with Crippen molar-refractivity contribution in [3.63, 3.8) is 0 Å². The van der Waals surface area contributed by atoms with Crippen LogP contribution in [0.25, 0.3) is 0 Å². The molecule has 0 atom stereocenters. The van der Waals surface area contributed by atoms with E-state index in [1.165, 1.54) is 4.90 Å². The molecule has 9 heteroatoms. The maximum atomic E-state index is 11.7. The monoisotopic (exact) mass is 283 g/mol. The average molecular weight is 283 g/mol. The summed E-state index contributed by atoms with van der Waals surface area (Å²) >= 11 is 0. The molecule has 0 radical (unpaired) electrons. The van der Waals surface area contributed by atoms with Gasteiger partial charge in [0.15, 0.2) is 0 Å². The molecule has 6 nitrogen and oxygen atoms in total. The quantitative estimate of drug-likeness (QED) is 0.519. The molecule has 1 heterocycles. The Balaban J connectivity index is 2.14. The Morgan fingerprint density at radius 3 is 2.47 bits per heavy atom. The molecule has 1 aliphatic heterocycles. The first-order valence-corrected chi connectivity index (χ1v) is 5.82. The van der Waals surface area contributed by atoms with Crippen LogP contribution in [0.5, 0.6) is 0 Å². The molecule has 0 unspecified atom stereocenters. The van der Waals surface area contributed by atoms with Crippen molar-refractivity contribution in [3.8, 4) is 0 Å². The van der Waals surface area contributed by atoms with E-state index in [2.05, 4.69) is 15.4 Å². The zero-order chi connectivity index (χ0) is 14.3. The fraction of sp³-hybridized carbons (Fsp3) is 0.800. The van der Waals surface area contributed by atoms with Crippen LogP contribution in [0, 0.1) is 0 Å². The van der Waals surface area contributed by atoms with Gasteiger partial charge in [0.2, 0.25) is 0 Å². The van der Waals surface area contributed by atoms with E-state index in [1.807, 2.05) is 0 Å². The van der Waals surface area contributed by atoms with Gasteiger partial charge in [-0.1, -0.05) is 0 Å². The van der Waals surface area contributed by atoms with Crippen LogP contribution in [0.2, 0.25) is 0 Å². The second kappa shape index (κ2) is 7.29. The Kier molecular flexibility index (Phi) is 6.03. The molecule has 1 aliphatic rings. The molecule has 2 N–H and O–H groups in total. The molecule has 0 aromatic carbocycles. The third kappa shape index (κ3) is 6.39. The highest BCUT2D eigenvalue weighted by atomic mass is 19.4. The molecule has 19 heavy (non-hydrogen) atoms. The molecule has 0 saturated carbocycles. The van der Waals surface area contributed by atoms with Crippen LogP contribution < -0.4 is 10.6 Å². The largest absolute Gasteiger partial charge is 0.411 e. The van der Waals surface area contributed by atoms with Crippen LogP contribution in [-0.2, 0) is 14.3 Å². The number of halogens is 3. The van der Waals surface area contributed by atoms with Crippen molar-refractivity contribution in [1.82, 2.24) is 15.5 Å². The maximum Gasteiger partial charge on any atom is 0.411 e. The minimum Gasteiger partial charge on any atom is -0.370 e. The fourth-order valence-corrected chi connectivity index (χ4v) is 1.51. The number of hydrogen-bond acceptors (Lipinski definition) is 4. The molecule has 1 saturated heterocycles. The molecular weight excluding hydrogens is 267 g/mol. The molecule has 110 valence electrons. The lowest BCUT2D eigenvalue weighted by molar-refractivity contribution is -0.173. The Bertz CT molecular complexity index is 317. The van der Waals surface area contributed by atoms with Crippen molar-refractivity contribution in [2.24, 2.45) is 0 Å². The van der Waals surface area contributed by atoms with E-state index in [4.69, 9.17) is 0 Å². The number of hydrogen-bond donors (Lipinski definition) is 2. The molecule has 0 spiro atoms. The van der Waals surface area contributed by atoms with Crippen LogP contribution >= 0.6 is 0 Å². The first-order valence-electron chi connectivity index (χ1n) is 5.82. The van der Waals surface area contributed by atoms with Crippen molar-refractivity contribution in [2.45, 2.75) is 6.18 Å². The Morgan fingerprint density at radius 2 is 1.89 bits per heavy atom. The highest BCUT2D eigenvalue weighted by Gasteiger charge is 2.27. The van der Waals surface area contributed by atoms with Gasteiger partial charge in [-0.2, -0.15) is 13.2 Å². The number of carbonyl (C=O) groups excluding carboxylic acids is 2. The van der Waals surface area contributed by atoms with Crippen molar-refractivity contribution in [1.29, 1.82) is 0 Å². The number of rotatable bonds is 4. The van der Waals surface area contributed by atoms with Gasteiger partial charge >= 0.3 is 18.0 Å². The summed E-state index contributed by atoms with van der Waals surface area (Å²) in [6.07, 6.45) is -4.39. The Hall–Kier alpha value is -1.35. The van der Waals surface area contributed by atoms with Gasteiger partial charge in [0.25, 0.3) is 0 Å². The van der Waals surface area contributed by atoms with E-state index in [0.717, 1.165) is 0 Å². The van der Waals surface area contributed by atoms with Gasteiger partial charge in [-0.05, 0) is 0 Å². The van der Waals surface area contributed by atoms with Crippen LogP contribution in [0.4, 0.5) is 13.2 Å². The van der Waals surface area contributed by atoms with Crippen molar-refractivity contribution in [2.75, 3.05) is 45.9 Å². The number of piperazine rings is 1. The lowest BCUT2D eigenvalue weighted by atomic mass is 10.3. The number of nitrogens with one attached hydrogen (secondary N) is 2. The second-order valence-electron chi connectivity index (χ2n) is 3.97. The number of nitrogens with zero attached hydrogens (tertiary/aromatic N) is 1. The molecule has 1 fully saturated rings. The smallest absolute Gasteiger partial charge is 0.370 e. The Morgan fingerprint density at radius 1 is 1.26 bits per heavy atom. The summed E-state index contributed by atoms with van der Waals surface area (Å²) in [5.74, 6) is -1.49. The summed E-state index contributed by atoms with van der Waals surface area (Å²) in [5, 5.41) is 5.25. The zero-order valence-electron chi connectivity index (χ0n) is 10.3. The molecule has 0 aromatic rings. The predicted molar refractivity (Wildman–Crippen MR) is 59.3 cm³/mol. The second-order valence-corrected chi connectivity index (χ2v) is 3.97. The van der Waals surface area contributed by atoms with Gasteiger partial charge < -0.3 is 20.3 Å². The number of amides is 2. The van der Waals surface area contributed by atoms with E-state index >= 15 is 0 Å². The number of alkyl halides is 3. The molecule has 0 aliphatic carbocycles. The molecule has 1 rings (SSSR count). The summed E-state index contributed by atoms with van der Waals surface area (Å²) in [4.78, 5) is 24.4. The zero-order valence-corrected chi connectivity index (χ0v) is 10.3. The first-order chi connectivity index (χ1) is 8.90. The van der Waals surface area contributed by atoms with E-state index in [0.29, 0.717) is 26.2 Å². The summed E-state index contributed by atoms with van der Waals surface area (Å²) in [7, 11) is 0. The normalized spacial score (nSPS) is 16.3. The summed E-state index contributed by atoms with van der Waals surface area (Å²) < 4.78 is 39.5. The third-order valence-electron chi connectivity index (χ3n) is 2.40. The van der Waals surface area contributed by atoms with Gasteiger partial charge in [-0.15, -0.1) is 0 Å². The highest BCUT2D eigenvalue weighted by molar-refractivity contribution is 6.35. The van der Waals surface area contributed by atoms with Gasteiger partial charge in [-0.25, -0.2) is 0 Å². The number of carbonyl (C=O) groups is 2. The van der Waals surface area contributed by atoms with Crippen molar-refractivity contribution < 1.29 is 27.5 Å². The molecule has 0 bridgehead atoms. The van der Waals surface area contributed by atoms with Crippen LogP contribution in [0.3, 0.4) is 0 Å². The minimum absolute atomic E-state index is 0.132. The van der Waals surface area contributed by atoms with Crippen LogP contribution in [-0.4, -0.2) is 68.8 Å². The van der Waals surface area contributed by atoms with Gasteiger partial charge in [0.05, 0.1) is 6.61 Å². The van der Waals surface area contributed by atoms with Gasteiger partial charge in [0.1, 0.15) is 6.61 Å². The van der Waals surface area contributed by atoms with Crippen molar-refractivity contribution in [3.05, 3.63) is 0 Å².